The van der Waals surface area contributed by atoms with Gasteiger partial charge in [-0.05, 0) is 70.9 Å². The molecule has 0 fully saturated rings. The molecule has 0 unspecified atom stereocenters. The molecule has 0 aliphatic rings. The molecular formula is C27H30FN3O4S. The maximum Gasteiger partial charge on any atom is 0.274 e. The third kappa shape index (κ3) is 4.44. The van der Waals surface area contributed by atoms with Crippen molar-refractivity contribution in [2.45, 2.75) is 47.1 Å². The van der Waals surface area contributed by atoms with Crippen LogP contribution in [0.5, 0.6) is 11.5 Å². The predicted octanol–water partition coefficient (Wildman–Crippen LogP) is 5.43. The number of aromatic nitrogens is 2. The number of halogens is 1. The molecule has 0 aliphatic heterocycles. The van der Waals surface area contributed by atoms with Gasteiger partial charge in [-0.25, -0.2) is 4.39 Å². The van der Waals surface area contributed by atoms with Crippen molar-refractivity contribution in [3.8, 4) is 21.9 Å². The molecule has 0 saturated carbocycles. The zero-order valence-electron chi connectivity index (χ0n) is 21.4. The molecule has 0 aliphatic carbocycles. The van der Waals surface area contributed by atoms with Gasteiger partial charge in [-0.3, -0.25) is 9.59 Å². The van der Waals surface area contributed by atoms with Crippen molar-refractivity contribution < 1.29 is 19.0 Å². The first-order chi connectivity index (χ1) is 16.8. The molecule has 3 heterocycles. The van der Waals surface area contributed by atoms with E-state index in [2.05, 4.69) is 10.3 Å². The largest absolute Gasteiger partial charge is 0.455 e. The summed E-state index contributed by atoms with van der Waals surface area (Å²) in [5.41, 5.74) is 1.85. The number of aliphatic hydroxyl groups is 1. The van der Waals surface area contributed by atoms with Gasteiger partial charge in [0.1, 0.15) is 28.5 Å². The van der Waals surface area contributed by atoms with E-state index in [1.807, 2.05) is 13.8 Å². The molecule has 0 atom stereocenters. The average Bonchev–Trinajstić information content (AvgIpc) is 3.36. The Hall–Kier alpha value is -3.43. The average molecular weight is 512 g/mol. The number of ether oxygens (including phenoxy) is 1. The molecule has 3 N–H and O–H groups in total. The molecule has 4 rings (SSSR count). The van der Waals surface area contributed by atoms with Crippen LogP contribution in [0.4, 0.5) is 4.39 Å². The van der Waals surface area contributed by atoms with Crippen LogP contribution in [-0.2, 0) is 12.6 Å². The van der Waals surface area contributed by atoms with Crippen molar-refractivity contribution in [3.05, 3.63) is 67.8 Å². The SMILES string of the molecule is CCNC(=O)c1cc2c(-c3sc(C(C)(C)O)c(C)c3Oc3c(C)cc(F)cc3C)cn(C)c(=O)c2[nH]1. The van der Waals surface area contributed by atoms with Crippen LogP contribution in [-0.4, -0.2) is 27.1 Å². The summed E-state index contributed by atoms with van der Waals surface area (Å²) < 4.78 is 21.9. The molecule has 1 aromatic carbocycles. The van der Waals surface area contributed by atoms with E-state index in [0.29, 0.717) is 55.4 Å². The van der Waals surface area contributed by atoms with E-state index in [1.54, 1.807) is 47.0 Å². The van der Waals surface area contributed by atoms with Crippen molar-refractivity contribution >= 4 is 28.1 Å². The summed E-state index contributed by atoms with van der Waals surface area (Å²) in [6.07, 6.45) is 1.71. The number of thiophene rings is 1. The third-order valence-electron chi connectivity index (χ3n) is 6.07. The number of fused-ring (bicyclic) bond motifs is 1. The Kier molecular flexibility index (Phi) is 6.57. The van der Waals surface area contributed by atoms with Gasteiger partial charge in [0.05, 0.1) is 10.5 Å². The number of rotatable bonds is 6. The van der Waals surface area contributed by atoms with Crippen molar-refractivity contribution in [2.75, 3.05) is 6.54 Å². The van der Waals surface area contributed by atoms with Gasteiger partial charge in [-0.1, -0.05) is 0 Å². The fraction of sp³-hybridized carbons (Fsp3) is 0.333. The van der Waals surface area contributed by atoms with Gasteiger partial charge in [0.15, 0.2) is 0 Å². The number of amides is 1. The molecule has 0 saturated heterocycles. The van der Waals surface area contributed by atoms with Gasteiger partial charge in [0.25, 0.3) is 11.5 Å². The van der Waals surface area contributed by atoms with Gasteiger partial charge in [0.2, 0.25) is 0 Å². The molecule has 7 nitrogen and oxygen atoms in total. The van der Waals surface area contributed by atoms with Crippen molar-refractivity contribution in [3.63, 3.8) is 0 Å². The number of aryl methyl sites for hydroxylation is 3. The number of H-pyrrole nitrogens is 1. The molecule has 0 bridgehead atoms. The van der Waals surface area contributed by atoms with Crippen LogP contribution in [0.3, 0.4) is 0 Å². The highest BCUT2D eigenvalue weighted by molar-refractivity contribution is 7.16. The van der Waals surface area contributed by atoms with E-state index in [-0.39, 0.29) is 23.0 Å². The molecule has 9 heteroatoms. The number of carbonyl (C=O) groups is 1. The normalized spacial score (nSPS) is 11.8. The van der Waals surface area contributed by atoms with Crippen LogP contribution in [0.2, 0.25) is 0 Å². The Morgan fingerprint density at radius 1 is 1.19 bits per heavy atom. The molecule has 0 spiro atoms. The highest BCUT2D eigenvalue weighted by Gasteiger charge is 2.30. The zero-order chi connectivity index (χ0) is 26.5. The van der Waals surface area contributed by atoms with Crippen LogP contribution in [0, 0.1) is 26.6 Å². The fourth-order valence-corrected chi connectivity index (χ4v) is 5.70. The van der Waals surface area contributed by atoms with E-state index >= 15 is 0 Å². The lowest BCUT2D eigenvalue weighted by molar-refractivity contribution is 0.0817. The molecule has 3 aromatic heterocycles. The topological polar surface area (TPSA) is 96.3 Å². The summed E-state index contributed by atoms with van der Waals surface area (Å²) in [4.78, 5) is 29.8. The second-order valence-corrected chi connectivity index (χ2v) is 10.6. The minimum Gasteiger partial charge on any atom is -0.455 e. The van der Waals surface area contributed by atoms with Gasteiger partial charge >= 0.3 is 0 Å². The highest BCUT2D eigenvalue weighted by Crippen LogP contribution is 2.49. The lowest BCUT2D eigenvalue weighted by atomic mass is 10.0. The lowest BCUT2D eigenvalue weighted by Crippen LogP contribution is -2.23. The van der Waals surface area contributed by atoms with E-state index in [0.717, 1.165) is 5.56 Å². The summed E-state index contributed by atoms with van der Waals surface area (Å²) in [6.45, 7) is 11.1. The summed E-state index contributed by atoms with van der Waals surface area (Å²) in [6, 6.07) is 4.49. The standard InChI is InChI=1S/C27H30FN3O4S/c1-8-29-25(32)19-11-17-18(12-31(7)26(33)20(17)30-19)23-22(15(4)24(36-23)27(5,6)34)35-21-13(2)9-16(28)10-14(21)3/h9-12,30,34H,8H2,1-7H3,(H,29,32). The molecule has 0 radical (unpaired) electrons. The van der Waals surface area contributed by atoms with Crippen LogP contribution >= 0.6 is 11.3 Å². The first-order valence-corrected chi connectivity index (χ1v) is 12.5. The van der Waals surface area contributed by atoms with E-state index < -0.39 is 5.60 Å². The van der Waals surface area contributed by atoms with Gasteiger partial charge in [0, 0.05) is 41.2 Å². The smallest absolute Gasteiger partial charge is 0.274 e. The Balaban J connectivity index is 2.02. The summed E-state index contributed by atoms with van der Waals surface area (Å²) >= 11 is 1.36. The Bertz CT molecular complexity index is 1530. The number of nitrogens with zero attached hydrogens (tertiary/aromatic N) is 1. The lowest BCUT2D eigenvalue weighted by Gasteiger charge is -2.17. The van der Waals surface area contributed by atoms with Gasteiger partial charge < -0.3 is 24.7 Å². The van der Waals surface area contributed by atoms with E-state index in [9.17, 15) is 19.1 Å². The molecule has 36 heavy (non-hydrogen) atoms. The van der Waals surface area contributed by atoms with Gasteiger partial charge in [-0.2, -0.15) is 0 Å². The Morgan fingerprint density at radius 3 is 2.42 bits per heavy atom. The van der Waals surface area contributed by atoms with Crippen LogP contribution in [0.25, 0.3) is 21.3 Å². The first-order valence-electron chi connectivity index (χ1n) is 11.6. The molecule has 190 valence electrons. The summed E-state index contributed by atoms with van der Waals surface area (Å²) in [7, 11) is 1.64. The summed E-state index contributed by atoms with van der Waals surface area (Å²) in [5, 5.41) is 14.2. The number of carbonyl (C=O) groups excluding carboxylic acids is 1. The van der Waals surface area contributed by atoms with E-state index in [1.165, 1.54) is 28.0 Å². The number of aromatic amines is 1. The number of hydrogen-bond acceptors (Lipinski definition) is 5. The van der Waals surface area contributed by atoms with Gasteiger partial charge in [-0.15, -0.1) is 11.3 Å². The minimum atomic E-state index is -1.15. The zero-order valence-corrected chi connectivity index (χ0v) is 22.2. The number of hydrogen-bond donors (Lipinski definition) is 3. The Morgan fingerprint density at radius 2 is 1.83 bits per heavy atom. The first kappa shape index (κ1) is 25.7. The molecule has 1 amide bonds. The molecule has 4 aromatic rings. The monoisotopic (exact) mass is 511 g/mol. The van der Waals surface area contributed by atoms with Crippen molar-refractivity contribution in [2.24, 2.45) is 7.05 Å². The minimum absolute atomic E-state index is 0.270. The van der Waals surface area contributed by atoms with Crippen LogP contribution < -0.4 is 15.6 Å². The van der Waals surface area contributed by atoms with E-state index in [4.69, 9.17) is 4.74 Å². The van der Waals surface area contributed by atoms with Crippen molar-refractivity contribution in [1.29, 1.82) is 0 Å². The maximum atomic E-state index is 14.0. The Labute approximate surface area is 212 Å². The third-order valence-corrected chi connectivity index (χ3v) is 7.69. The van der Waals surface area contributed by atoms with Crippen LogP contribution in [0.15, 0.2) is 29.2 Å². The second-order valence-electron chi connectivity index (χ2n) is 9.53. The molecular weight excluding hydrogens is 481 g/mol. The van der Waals surface area contributed by atoms with Crippen molar-refractivity contribution in [1.82, 2.24) is 14.9 Å². The predicted molar refractivity (Wildman–Crippen MR) is 141 cm³/mol. The number of pyridine rings is 1. The highest BCUT2D eigenvalue weighted by atomic mass is 32.1. The second kappa shape index (κ2) is 9.22. The number of benzene rings is 1. The maximum absolute atomic E-state index is 14.0. The quantitative estimate of drug-likeness (QED) is 0.322. The fourth-order valence-electron chi connectivity index (χ4n) is 4.44. The van der Waals surface area contributed by atoms with Crippen LogP contribution in [0.1, 0.15) is 52.8 Å². The summed E-state index contributed by atoms with van der Waals surface area (Å²) in [5.74, 6) is 0.381. The number of nitrogens with one attached hydrogen (secondary N) is 2.